The first-order valence-corrected chi connectivity index (χ1v) is 6.56. The molecule has 2 rings (SSSR count). The highest BCUT2D eigenvalue weighted by Crippen LogP contribution is 2.41. The molecule has 22 heavy (non-hydrogen) atoms. The minimum absolute atomic E-state index is 0.00498. The van der Waals surface area contributed by atoms with Gasteiger partial charge in [-0.1, -0.05) is 0 Å². The lowest BCUT2D eigenvalue weighted by atomic mass is 10.00. The molecule has 1 aliphatic heterocycles. The van der Waals surface area contributed by atoms with E-state index in [0.717, 1.165) is 4.90 Å². The second-order valence-electron chi connectivity index (χ2n) is 4.83. The molecule has 0 radical (unpaired) electrons. The molecule has 0 saturated carbocycles. The minimum Gasteiger partial charge on any atom is -0.497 e. The average molecular weight is 321 g/mol. The third-order valence-corrected chi connectivity index (χ3v) is 3.45. The molecule has 0 aromatic heterocycles. The summed E-state index contributed by atoms with van der Waals surface area (Å²) >= 11 is 0. The zero-order chi connectivity index (χ0) is 16.5. The first-order chi connectivity index (χ1) is 10.3. The second-order valence-corrected chi connectivity index (χ2v) is 4.83. The van der Waals surface area contributed by atoms with Crippen molar-refractivity contribution in [2.24, 2.45) is 0 Å². The molecule has 1 heterocycles. The molecule has 8 heteroatoms. The number of hydrogen-bond acceptors (Lipinski definition) is 3. The van der Waals surface area contributed by atoms with Crippen molar-refractivity contribution in [3.8, 4) is 11.5 Å². The van der Waals surface area contributed by atoms with Crippen LogP contribution in [0.1, 0.15) is 12.0 Å². The van der Waals surface area contributed by atoms with Crippen LogP contribution < -0.4 is 14.4 Å². The Balaban J connectivity index is 2.46. The van der Waals surface area contributed by atoms with Gasteiger partial charge in [-0.25, -0.2) is 4.39 Å². The van der Waals surface area contributed by atoms with Crippen LogP contribution in [0.2, 0.25) is 0 Å². The van der Waals surface area contributed by atoms with E-state index in [-0.39, 0.29) is 18.0 Å². The predicted molar refractivity (Wildman–Crippen MR) is 71.2 cm³/mol. The Kier molecular flexibility index (Phi) is 4.48. The monoisotopic (exact) mass is 321 g/mol. The lowest BCUT2D eigenvalue weighted by molar-refractivity contribution is -0.185. The van der Waals surface area contributed by atoms with Crippen LogP contribution in [0.25, 0.3) is 0 Å². The number of methoxy groups -OCH3 is 2. The number of carbonyl (C=O) groups excluding carboxylic acids is 1. The fraction of sp³-hybridized carbons (Fsp3) is 0.500. The van der Waals surface area contributed by atoms with Crippen LogP contribution in [0.15, 0.2) is 12.1 Å². The number of halogens is 4. The van der Waals surface area contributed by atoms with Crippen molar-refractivity contribution in [1.29, 1.82) is 0 Å². The zero-order valence-corrected chi connectivity index (χ0v) is 12.0. The second kappa shape index (κ2) is 6.02. The lowest BCUT2D eigenvalue weighted by Crippen LogP contribution is -2.46. The van der Waals surface area contributed by atoms with Crippen molar-refractivity contribution in [3.63, 3.8) is 0 Å². The van der Waals surface area contributed by atoms with Gasteiger partial charge in [0.2, 0.25) is 0 Å². The fourth-order valence-electron chi connectivity index (χ4n) is 2.44. The van der Waals surface area contributed by atoms with Crippen LogP contribution in [-0.4, -0.2) is 39.0 Å². The van der Waals surface area contributed by atoms with Crippen molar-refractivity contribution in [2.75, 3.05) is 25.7 Å². The van der Waals surface area contributed by atoms with E-state index >= 15 is 0 Å². The molecule has 0 bridgehead atoms. The molecule has 122 valence electrons. The minimum atomic E-state index is -5.23. The number of aryl methyl sites for hydroxylation is 1. The van der Waals surface area contributed by atoms with Crippen LogP contribution in [0.5, 0.6) is 11.5 Å². The van der Waals surface area contributed by atoms with Gasteiger partial charge < -0.3 is 14.4 Å². The van der Waals surface area contributed by atoms with Gasteiger partial charge in [-0.15, -0.1) is 0 Å². The Hall–Kier alpha value is -1.99. The molecule has 4 nitrogen and oxygen atoms in total. The molecule has 0 fully saturated rings. The normalized spacial score (nSPS) is 16.0. The quantitative estimate of drug-likeness (QED) is 0.804. The highest BCUT2D eigenvalue weighted by atomic mass is 19.4. The molecule has 0 aliphatic carbocycles. The van der Waals surface area contributed by atoms with Crippen molar-refractivity contribution < 1.29 is 31.8 Å². The summed E-state index contributed by atoms with van der Waals surface area (Å²) in [6, 6.07) is 3.06. The van der Waals surface area contributed by atoms with E-state index in [0.29, 0.717) is 24.2 Å². The molecular weight excluding hydrogens is 306 g/mol. The van der Waals surface area contributed by atoms with E-state index in [1.54, 1.807) is 6.07 Å². The number of benzene rings is 1. The Morgan fingerprint density at radius 2 is 1.95 bits per heavy atom. The maximum atomic E-state index is 13.4. The van der Waals surface area contributed by atoms with Gasteiger partial charge in [0.05, 0.1) is 19.9 Å². The van der Waals surface area contributed by atoms with Crippen LogP contribution in [-0.2, 0) is 11.2 Å². The smallest absolute Gasteiger partial charge is 0.428 e. The number of nitrogens with zero attached hydrogens (tertiary/aromatic N) is 1. The van der Waals surface area contributed by atoms with Crippen molar-refractivity contribution in [1.82, 2.24) is 0 Å². The Bertz CT molecular complexity index is 557. The summed E-state index contributed by atoms with van der Waals surface area (Å²) in [4.78, 5) is 12.7. The molecule has 0 spiro atoms. The van der Waals surface area contributed by atoms with Crippen LogP contribution in [0.3, 0.4) is 0 Å². The van der Waals surface area contributed by atoms with E-state index in [2.05, 4.69) is 0 Å². The summed E-state index contributed by atoms with van der Waals surface area (Å²) in [5, 5.41) is 0. The number of ether oxygens (including phenoxy) is 2. The number of anilines is 1. The van der Waals surface area contributed by atoms with Crippen molar-refractivity contribution in [3.05, 3.63) is 17.7 Å². The summed E-state index contributed by atoms with van der Waals surface area (Å²) in [6.45, 7) is 0.00498. The summed E-state index contributed by atoms with van der Waals surface area (Å²) in [5.41, 5.74) is 0.761. The third kappa shape index (κ3) is 2.95. The van der Waals surface area contributed by atoms with Gasteiger partial charge in [0.15, 0.2) is 0 Å². The average Bonchev–Trinajstić information content (AvgIpc) is 2.50. The topological polar surface area (TPSA) is 38.8 Å². The van der Waals surface area contributed by atoms with Crippen LogP contribution in [0.4, 0.5) is 23.2 Å². The first kappa shape index (κ1) is 16.4. The SMILES string of the molecule is COc1cc2c(c(OC)c1)N(C(=O)C(F)C(F)(F)F)CCC2. The van der Waals surface area contributed by atoms with E-state index in [1.165, 1.54) is 20.3 Å². The van der Waals surface area contributed by atoms with Gasteiger partial charge in [0, 0.05) is 12.6 Å². The van der Waals surface area contributed by atoms with E-state index in [9.17, 15) is 22.4 Å². The summed E-state index contributed by atoms with van der Waals surface area (Å²) in [5.74, 6) is -0.994. The Morgan fingerprint density at radius 3 is 2.50 bits per heavy atom. The van der Waals surface area contributed by atoms with Gasteiger partial charge in [0.25, 0.3) is 12.1 Å². The Morgan fingerprint density at radius 1 is 1.27 bits per heavy atom. The van der Waals surface area contributed by atoms with Crippen molar-refractivity contribution >= 4 is 11.6 Å². The van der Waals surface area contributed by atoms with Gasteiger partial charge in [-0.05, 0) is 24.5 Å². The highest BCUT2D eigenvalue weighted by molar-refractivity contribution is 5.99. The maximum Gasteiger partial charge on any atom is 0.428 e. The lowest BCUT2D eigenvalue weighted by Gasteiger charge is -2.32. The zero-order valence-electron chi connectivity index (χ0n) is 12.0. The number of fused-ring (bicyclic) bond motifs is 1. The van der Waals surface area contributed by atoms with Crippen LogP contribution >= 0.6 is 0 Å². The van der Waals surface area contributed by atoms with Gasteiger partial charge in [0.1, 0.15) is 11.5 Å². The molecule has 0 saturated heterocycles. The number of alkyl halides is 4. The predicted octanol–water partition coefficient (Wildman–Crippen LogP) is 2.88. The fourth-order valence-corrected chi connectivity index (χ4v) is 2.44. The molecule has 0 N–H and O–H groups in total. The van der Waals surface area contributed by atoms with E-state index in [1.807, 2.05) is 0 Å². The molecular formula is C14H15F4NO3. The van der Waals surface area contributed by atoms with Gasteiger partial charge in [-0.3, -0.25) is 4.79 Å². The molecule has 1 amide bonds. The standard InChI is InChI=1S/C14H15F4NO3/c1-21-9-6-8-4-3-5-19(11(8)10(7-9)22-2)13(20)12(15)14(16,17)18/h6-7,12H,3-5H2,1-2H3. The molecule has 1 atom stereocenters. The number of hydrogen-bond donors (Lipinski definition) is 0. The van der Waals surface area contributed by atoms with Gasteiger partial charge in [-0.2, -0.15) is 13.2 Å². The summed E-state index contributed by atoms with van der Waals surface area (Å²) < 4.78 is 61.0. The molecule has 1 aromatic carbocycles. The maximum absolute atomic E-state index is 13.4. The Labute approximate surface area is 124 Å². The third-order valence-electron chi connectivity index (χ3n) is 3.45. The largest absolute Gasteiger partial charge is 0.497 e. The number of rotatable bonds is 3. The van der Waals surface area contributed by atoms with E-state index in [4.69, 9.17) is 9.47 Å². The summed E-state index contributed by atoms with van der Waals surface area (Å²) in [6.07, 6.45) is -7.81. The number of amides is 1. The first-order valence-electron chi connectivity index (χ1n) is 6.56. The van der Waals surface area contributed by atoms with Crippen molar-refractivity contribution in [2.45, 2.75) is 25.2 Å². The highest BCUT2D eigenvalue weighted by Gasteiger charge is 2.48. The van der Waals surface area contributed by atoms with Gasteiger partial charge >= 0.3 is 6.18 Å². The molecule has 1 unspecified atom stereocenters. The van der Waals surface area contributed by atoms with E-state index < -0.39 is 18.3 Å². The molecule has 1 aromatic rings. The number of carbonyl (C=O) groups is 1. The summed E-state index contributed by atoms with van der Waals surface area (Å²) in [7, 11) is 2.76. The van der Waals surface area contributed by atoms with Crippen LogP contribution in [0, 0.1) is 0 Å². The molecule has 1 aliphatic rings.